The van der Waals surface area contributed by atoms with E-state index in [9.17, 15) is 0 Å². The molecule has 3 N–H and O–H groups in total. The molecule has 2 rings (SSSR count). The van der Waals surface area contributed by atoms with Crippen molar-refractivity contribution in [3.63, 3.8) is 0 Å². The maximum Gasteiger partial charge on any atom is 0.0406 e. The van der Waals surface area contributed by atoms with Gasteiger partial charge in [0.25, 0.3) is 0 Å². The predicted octanol–water partition coefficient (Wildman–Crippen LogP) is 1.81. The predicted molar refractivity (Wildman–Crippen MR) is 71.9 cm³/mol. The van der Waals surface area contributed by atoms with Crippen LogP contribution in [-0.4, -0.2) is 30.7 Å². The van der Waals surface area contributed by atoms with Gasteiger partial charge >= 0.3 is 0 Å². The molecule has 1 aromatic rings. The Bertz CT molecular complexity index is 331. The lowest BCUT2D eigenvalue weighted by molar-refractivity contribution is 0.202. The van der Waals surface area contributed by atoms with Gasteiger partial charge in [0, 0.05) is 24.2 Å². The standard InChI is InChI=1S/C13H20ClN3/c14-12-3-1-11(2-4-12)5-8-16-13-6-9-17(15)10-7-13/h1-4,13,16H,5-10,15H2. The summed E-state index contributed by atoms with van der Waals surface area (Å²) >= 11 is 5.85. The molecule has 1 heterocycles. The average Bonchev–Trinajstić information content (AvgIpc) is 2.34. The highest BCUT2D eigenvalue weighted by Crippen LogP contribution is 2.10. The lowest BCUT2D eigenvalue weighted by Gasteiger charge is -2.29. The third kappa shape index (κ3) is 4.28. The normalized spacial score (nSPS) is 18.5. The van der Waals surface area contributed by atoms with Crippen molar-refractivity contribution in [2.45, 2.75) is 25.3 Å². The summed E-state index contributed by atoms with van der Waals surface area (Å²) in [6.45, 7) is 3.02. The molecule has 1 aromatic carbocycles. The van der Waals surface area contributed by atoms with E-state index in [2.05, 4.69) is 17.4 Å². The van der Waals surface area contributed by atoms with Crippen LogP contribution in [0.2, 0.25) is 5.02 Å². The van der Waals surface area contributed by atoms with Crippen molar-refractivity contribution in [2.24, 2.45) is 5.84 Å². The van der Waals surface area contributed by atoms with Gasteiger partial charge in [-0.3, -0.25) is 5.84 Å². The zero-order valence-corrected chi connectivity index (χ0v) is 10.8. The topological polar surface area (TPSA) is 41.3 Å². The fourth-order valence-electron chi connectivity index (χ4n) is 2.18. The maximum absolute atomic E-state index is 5.85. The minimum Gasteiger partial charge on any atom is -0.314 e. The van der Waals surface area contributed by atoms with Crippen molar-refractivity contribution < 1.29 is 0 Å². The van der Waals surface area contributed by atoms with Crippen LogP contribution in [0, 0.1) is 0 Å². The van der Waals surface area contributed by atoms with Gasteiger partial charge in [-0.15, -0.1) is 0 Å². The molecule has 4 heteroatoms. The number of hydrogen-bond acceptors (Lipinski definition) is 3. The van der Waals surface area contributed by atoms with Gasteiger partial charge in [-0.05, 0) is 43.5 Å². The van der Waals surface area contributed by atoms with Gasteiger partial charge < -0.3 is 5.32 Å². The van der Waals surface area contributed by atoms with Crippen LogP contribution >= 0.6 is 11.6 Å². The molecule has 0 radical (unpaired) electrons. The van der Waals surface area contributed by atoms with Crippen molar-refractivity contribution in [3.05, 3.63) is 34.9 Å². The molecule has 0 spiro atoms. The lowest BCUT2D eigenvalue weighted by atomic mass is 10.1. The number of piperidine rings is 1. The number of hydrazine groups is 1. The van der Waals surface area contributed by atoms with E-state index in [0.717, 1.165) is 43.9 Å². The Kier molecular flexibility index (Phi) is 4.80. The maximum atomic E-state index is 5.85. The summed E-state index contributed by atoms with van der Waals surface area (Å²) in [5.41, 5.74) is 1.33. The van der Waals surface area contributed by atoms with Crippen LogP contribution < -0.4 is 11.2 Å². The molecule has 0 amide bonds. The van der Waals surface area contributed by atoms with Crippen molar-refractivity contribution in [1.82, 2.24) is 10.3 Å². The third-order valence-corrected chi connectivity index (χ3v) is 3.54. The number of nitrogens with one attached hydrogen (secondary N) is 1. The second kappa shape index (κ2) is 6.36. The molecule has 1 aliphatic rings. The molecule has 17 heavy (non-hydrogen) atoms. The van der Waals surface area contributed by atoms with Crippen molar-refractivity contribution in [1.29, 1.82) is 0 Å². The molecule has 0 aliphatic carbocycles. The summed E-state index contributed by atoms with van der Waals surface area (Å²) in [5.74, 6) is 5.72. The summed E-state index contributed by atoms with van der Waals surface area (Å²) in [5, 5.41) is 6.29. The lowest BCUT2D eigenvalue weighted by Crippen LogP contribution is -2.45. The van der Waals surface area contributed by atoms with Gasteiger partial charge in [0.1, 0.15) is 0 Å². The van der Waals surface area contributed by atoms with E-state index in [1.165, 1.54) is 5.56 Å². The van der Waals surface area contributed by atoms with Crippen LogP contribution in [0.1, 0.15) is 18.4 Å². The number of halogens is 1. The first kappa shape index (κ1) is 12.8. The van der Waals surface area contributed by atoms with E-state index in [1.807, 2.05) is 17.1 Å². The second-order valence-corrected chi connectivity index (χ2v) is 5.08. The largest absolute Gasteiger partial charge is 0.314 e. The smallest absolute Gasteiger partial charge is 0.0406 e. The molecule has 0 saturated carbocycles. The molecule has 0 atom stereocenters. The highest BCUT2D eigenvalue weighted by atomic mass is 35.5. The molecule has 1 fully saturated rings. The van der Waals surface area contributed by atoms with Crippen LogP contribution in [0.4, 0.5) is 0 Å². The average molecular weight is 254 g/mol. The van der Waals surface area contributed by atoms with Crippen molar-refractivity contribution >= 4 is 11.6 Å². The number of nitrogens with two attached hydrogens (primary N) is 1. The van der Waals surface area contributed by atoms with Crippen molar-refractivity contribution in [2.75, 3.05) is 19.6 Å². The minimum absolute atomic E-state index is 0.627. The number of hydrogen-bond donors (Lipinski definition) is 2. The quantitative estimate of drug-likeness (QED) is 0.805. The molecule has 3 nitrogen and oxygen atoms in total. The van der Waals surface area contributed by atoms with E-state index in [0.29, 0.717) is 6.04 Å². The Morgan fingerprint density at radius 1 is 1.24 bits per heavy atom. The van der Waals surface area contributed by atoms with Crippen LogP contribution in [-0.2, 0) is 6.42 Å². The molecule has 1 saturated heterocycles. The first-order chi connectivity index (χ1) is 8.24. The Morgan fingerprint density at radius 2 is 1.88 bits per heavy atom. The summed E-state index contributed by atoms with van der Waals surface area (Å²) in [6.07, 6.45) is 3.36. The first-order valence-electron chi connectivity index (χ1n) is 6.21. The van der Waals surface area contributed by atoms with Crippen LogP contribution in [0.3, 0.4) is 0 Å². The number of rotatable bonds is 4. The zero-order valence-electron chi connectivity index (χ0n) is 10.0. The second-order valence-electron chi connectivity index (χ2n) is 4.64. The summed E-state index contributed by atoms with van der Waals surface area (Å²) in [7, 11) is 0. The van der Waals surface area contributed by atoms with E-state index in [-0.39, 0.29) is 0 Å². The summed E-state index contributed by atoms with van der Waals surface area (Å²) in [4.78, 5) is 0. The Morgan fingerprint density at radius 3 is 2.53 bits per heavy atom. The SMILES string of the molecule is NN1CCC(NCCc2ccc(Cl)cc2)CC1. The fourth-order valence-corrected chi connectivity index (χ4v) is 2.30. The molecule has 1 aliphatic heterocycles. The van der Waals surface area contributed by atoms with Crippen molar-refractivity contribution in [3.8, 4) is 0 Å². The first-order valence-corrected chi connectivity index (χ1v) is 6.59. The molecular weight excluding hydrogens is 234 g/mol. The Hall–Kier alpha value is -0.610. The minimum atomic E-state index is 0.627. The van der Waals surface area contributed by atoms with Gasteiger partial charge in [-0.25, -0.2) is 5.01 Å². The highest BCUT2D eigenvalue weighted by Gasteiger charge is 2.15. The summed E-state index contributed by atoms with van der Waals surface area (Å²) in [6, 6.07) is 8.70. The van der Waals surface area contributed by atoms with Gasteiger partial charge in [-0.2, -0.15) is 0 Å². The number of nitrogens with zero attached hydrogens (tertiary/aromatic N) is 1. The van der Waals surface area contributed by atoms with Crippen LogP contribution in [0.5, 0.6) is 0 Å². The molecule has 94 valence electrons. The van der Waals surface area contributed by atoms with E-state index < -0.39 is 0 Å². The molecular formula is C13H20ClN3. The molecule has 0 aromatic heterocycles. The summed E-state index contributed by atoms with van der Waals surface area (Å²) < 4.78 is 0. The zero-order chi connectivity index (χ0) is 12.1. The molecule has 0 unspecified atom stereocenters. The Balaban J connectivity index is 1.67. The number of benzene rings is 1. The van der Waals surface area contributed by atoms with Gasteiger partial charge in [0.2, 0.25) is 0 Å². The van der Waals surface area contributed by atoms with E-state index in [1.54, 1.807) is 0 Å². The van der Waals surface area contributed by atoms with Gasteiger partial charge in [0.05, 0.1) is 0 Å². The monoisotopic (exact) mass is 253 g/mol. The Labute approximate surface area is 108 Å². The van der Waals surface area contributed by atoms with Crippen LogP contribution in [0.25, 0.3) is 0 Å². The van der Waals surface area contributed by atoms with Crippen LogP contribution in [0.15, 0.2) is 24.3 Å². The van der Waals surface area contributed by atoms with Gasteiger partial charge in [0.15, 0.2) is 0 Å². The van der Waals surface area contributed by atoms with Gasteiger partial charge in [-0.1, -0.05) is 23.7 Å². The molecule has 0 bridgehead atoms. The van der Waals surface area contributed by atoms with E-state index >= 15 is 0 Å². The fraction of sp³-hybridized carbons (Fsp3) is 0.538. The highest BCUT2D eigenvalue weighted by molar-refractivity contribution is 6.30. The van der Waals surface area contributed by atoms with E-state index in [4.69, 9.17) is 17.4 Å². The third-order valence-electron chi connectivity index (χ3n) is 3.29.